The summed E-state index contributed by atoms with van der Waals surface area (Å²) in [5.41, 5.74) is 0.428. The van der Waals surface area contributed by atoms with Crippen LogP contribution in [0.25, 0.3) is 0 Å². The first-order valence-corrected chi connectivity index (χ1v) is 7.62. The van der Waals surface area contributed by atoms with Crippen LogP contribution in [-0.4, -0.2) is 54.1 Å². The van der Waals surface area contributed by atoms with Gasteiger partial charge in [0.2, 0.25) is 0 Å². The third-order valence-corrected chi connectivity index (χ3v) is 5.80. The lowest BCUT2D eigenvalue weighted by atomic mass is 9.60. The van der Waals surface area contributed by atoms with Gasteiger partial charge in [0, 0.05) is 18.4 Å². The van der Waals surface area contributed by atoms with Gasteiger partial charge in [0.25, 0.3) is 0 Å². The lowest BCUT2D eigenvalue weighted by molar-refractivity contribution is -0.138. The summed E-state index contributed by atoms with van der Waals surface area (Å²) in [5.74, 6) is -0.0803. The summed E-state index contributed by atoms with van der Waals surface area (Å²) in [6, 6.07) is 0. The molecule has 0 amide bonds. The van der Waals surface area contributed by atoms with Gasteiger partial charge in [-0.05, 0) is 30.3 Å². The molecule has 2 aliphatic carbocycles. The Hall–Kier alpha value is -0.460. The zero-order valence-corrected chi connectivity index (χ0v) is 13.2. The van der Waals surface area contributed by atoms with E-state index in [-0.39, 0.29) is 24.5 Å². The van der Waals surface area contributed by atoms with Crippen LogP contribution in [0.4, 0.5) is 0 Å². The molecule has 0 aromatic carbocycles. The summed E-state index contributed by atoms with van der Waals surface area (Å²) < 4.78 is 10.2. The molecule has 0 aromatic rings. The van der Waals surface area contributed by atoms with E-state index in [9.17, 15) is 15.3 Å². The summed E-state index contributed by atoms with van der Waals surface area (Å²) in [7, 11) is 1.56. The molecule has 7 atom stereocenters. The monoisotopic (exact) mass is 300 g/mol. The smallest absolute Gasteiger partial charge is 0.146 e. The second-order valence-electron chi connectivity index (χ2n) is 6.87. The van der Waals surface area contributed by atoms with Crippen molar-refractivity contribution in [1.29, 1.82) is 0 Å². The molecule has 0 heterocycles. The Balaban J connectivity index is 2.13. The van der Waals surface area contributed by atoms with Crippen molar-refractivity contribution in [3.8, 4) is 0 Å². The summed E-state index contributed by atoms with van der Waals surface area (Å²) in [6.07, 6.45) is -0.904. The number of hydrogen-bond donors (Lipinski definition) is 3. The van der Waals surface area contributed by atoms with E-state index in [1.54, 1.807) is 7.11 Å². The minimum Gasteiger partial charge on any atom is -0.392 e. The van der Waals surface area contributed by atoms with E-state index < -0.39 is 23.7 Å². The zero-order chi connectivity index (χ0) is 15.8. The molecule has 5 heteroatoms. The standard InChI is InChI=1S/C16H28O5/c1-9(7-21-8-20-4)11-6-12-14(18)13(17)5-10(2)16(12,3)15(11)19/h10-15,17-19H,1,5-8H2,2-4H3. The van der Waals surface area contributed by atoms with Gasteiger partial charge in [-0.25, -0.2) is 0 Å². The fourth-order valence-electron chi connectivity index (χ4n) is 4.25. The van der Waals surface area contributed by atoms with Crippen molar-refractivity contribution in [1.82, 2.24) is 0 Å². The lowest BCUT2D eigenvalue weighted by Crippen LogP contribution is -2.53. The highest BCUT2D eigenvalue weighted by Crippen LogP contribution is 2.58. The second kappa shape index (κ2) is 6.34. The van der Waals surface area contributed by atoms with Gasteiger partial charge in [-0.15, -0.1) is 0 Å². The SMILES string of the molecule is C=C(COCOC)C1CC2C(O)C(O)CC(C)C2(C)C1O. The third kappa shape index (κ3) is 2.78. The topological polar surface area (TPSA) is 79.2 Å². The van der Waals surface area contributed by atoms with E-state index in [2.05, 4.69) is 6.58 Å². The molecule has 0 bridgehead atoms. The maximum atomic E-state index is 10.8. The molecule has 3 N–H and O–H groups in total. The quantitative estimate of drug-likeness (QED) is 0.400. The van der Waals surface area contributed by atoms with Crippen LogP contribution >= 0.6 is 0 Å². The summed E-state index contributed by atoms with van der Waals surface area (Å²) in [5, 5.41) is 31.1. The third-order valence-electron chi connectivity index (χ3n) is 5.80. The molecule has 0 saturated heterocycles. The average molecular weight is 300 g/mol. The van der Waals surface area contributed by atoms with Crippen molar-refractivity contribution < 1.29 is 24.8 Å². The molecule has 0 radical (unpaired) electrons. The van der Waals surface area contributed by atoms with Crippen LogP contribution in [0.15, 0.2) is 12.2 Å². The second-order valence-corrected chi connectivity index (χ2v) is 6.87. The largest absolute Gasteiger partial charge is 0.392 e. The van der Waals surface area contributed by atoms with Crippen LogP contribution in [0.1, 0.15) is 26.7 Å². The average Bonchev–Trinajstić information content (AvgIpc) is 2.71. The summed E-state index contributed by atoms with van der Waals surface area (Å²) in [6.45, 7) is 8.62. The molecule has 5 nitrogen and oxygen atoms in total. The Kier molecular flexibility index (Phi) is 5.11. The highest BCUT2D eigenvalue weighted by Gasteiger charge is 2.60. The zero-order valence-electron chi connectivity index (χ0n) is 13.2. The first-order valence-electron chi connectivity index (χ1n) is 7.62. The molecule has 0 spiro atoms. The Labute approximate surface area is 126 Å². The van der Waals surface area contributed by atoms with Crippen molar-refractivity contribution >= 4 is 0 Å². The van der Waals surface area contributed by atoms with Crippen molar-refractivity contribution in [2.75, 3.05) is 20.5 Å². The van der Waals surface area contributed by atoms with Gasteiger partial charge in [-0.3, -0.25) is 0 Å². The molecule has 2 fully saturated rings. The lowest BCUT2D eigenvalue weighted by Gasteiger charge is -2.48. The van der Waals surface area contributed by atoms with E-state index in [0.717, 1.165) is 5.57 Å². The predicted molar refractivity (Wildman–Crippen MR) is 78.5 cm³/mol. The minimum absolute atomic E-state index is 0.112. The maximum Gasteiger partial charge on any atom is 0.146 e. The fourth-order valence-corrected chi connectivity index (χ4v) is 4.25. The summed E-state index contributed by atoms with van der Waals surface area (Å²) >= 11 is 0. The normalized spacial score (nSPS) is 46.4. The van der Waals surface area contributed by atoms with Gasteiger partial charge in [0.15, 0.2) is 0 Å². The Morgan fingerprint density at radius 3 is 2.57 bits per heavy atom. The highest BCUT2D eigenvalue weighted by atomic mass is 16.7. The number of ether oxygens (including phenoxy) is 2. The first-order chi connectivity index (χ1) is 9.83. The van der Waals surface area contributed by atoms with Gasteiger partial charge in [-0.1, -0.05) is 20.4 Å². The van der Waals surface area contributed by atoms with Crippen LogP contribution in [-0.2, 0) is 9.47 Å². The Bertz CT molecular complexity index is 385. The van der Waals surface area contributed by atoms with Gasteiger partial charge in [-0.2, -0.15) is 0 Å². The van der Waals surface area contributed by atoms with Gasteiger partial charge in [0.05, 0.1) is 24.9 Å². The number of methoxy groups -OCH3 is 1. The number of hydrogen-bond acceptors (Lipinski definition) is 5. The maximum absolute atomic E-state index is 10.8. The Morgan fingerprint density at radius 1 is 1.29 bits per heavy atom. The van der Waals surface area contributed by atoms with Gasteiger partial charge in [0.1, 0.15) is 6.79 Å². The summed E-state index contributed by atoms with van der Waals surface area (Å²) in [4.78, 5) is 0. The fraction of sp³-hybridized carbons (Fsp3) is 0.875. The molecule has 7 unspecified atom stereocenters. The highest BCUT2D eigenvalue weighted by molar-refractivity contribution is 5.17. The molecule has 2 rings (SSSR count). The van der Waals surface area contributed by atoms with E-state index in [0.29, 0.717) is 19.4 Å². The van der Waals surface area contributed by atoms with Crippen LogP contribution in [0.3, 0.4) is 0 Å². The predicted octanol–water partition coefficient (Wildman–Crippen LogP) is 0.928. The molecule has 0 aliphatic heterocycles. The van der Waals surface area contributed by atoms with Gasteiger partial charge < -0.3 is 24.8 Å². The molecular weight excluding hydrogens is 272 g/mol. The van der Waals surface area contributed by atoms with Crippen molar-refractivity contribution in [2.24, 2.45) is 23.2 Å². The number of fused-ring (bicyclic) bond motifs is 1. The van der Waals surface area contributed by atoms with Crippen molar-refractivity contribution in [3.63, 3.8) is 0 Å². The molecule has 122 valence electrons. The minimum atomic E-state index is -0.779. The molecule has 21 heavy (non-hydrogen) atoms. The van der Waals surface area contributed by atoms with E-state index >= 15 is 0 Å². The molecule has 2 aliphatic rings. The van der Waals surface area contributed by atoms with E-state index in [4.69, 9.17) is 9.47 Å². The van der Waals surface area contributed by atoms with Crippen LogP contribution in [0.2, 0.25) is 0 Å². The van der Waals surface area contributed by atoms with E-state index in [1.165, 1.54) is 0 Å². The van der Waals surface area contributed by atoms with Crippen LogP contribution in [0, 0.1) is 23.2 Å². The van der Waals surface area contributed by atoms with Crippen molar-refractivity contribution in [2.45, 2.75) is 45.0 Å². The van der Waals surface area contributed by atoms with Crippen molar-refractivity contribution in [3.05, 3.63) is 12.2 Å². The molecular formula is C16H28O5. The number of aliphatic hydroxyl groups is 3. The Morgan fingerprint density at radius 2 is 1.95 bits per heavy atom. The van der Waals surface area contributed by atoms with Gasteiger partial charge >= 0.3 is 0 Å². The van der Waals surface area contributed by atoms with E-state index in [1.807, 2.05) is 13.8 Å². The van der Waals surface area contributed by atoms with Crippen LogP contribution < -0.4 is 0 Å². The molecule has 2 saturated carbocycles. The van der Waals surface area contributed by atoms with Crippen LogP contribution in [0.5, 0.6) is 0 Å². The molecule has 0 aromatic heterocycles. The first kappa shape index (κ1) is 16.9. The number of aliphatic hydroxyl groups excluding tert-OH is 3. The number of rotatable bonds is 5.